The molecule has 0 radical (unpaired) electrons. The highest BCUT2D eigenvalue weighted by atomic mass is 35.5. The summed E-state index contributed by atoms with van der Waals surface area (Å²) < 4.78 is 5.68. The number of hydrogen-bond donors (Lipinski definition) is 1. The fourth-order valence-electron chi connectivity index (χ4n) is 2.10. The van der Waals surface area contributed by atoms with Gasteiger partial charge in [0.1, 0.15) is 10.8 Å². The van der Waals surface area contributed by atoms with Gasteiger partial charge in [-0.3, -0.25) is 4.79 Å². The average molecular weight is 368 g/mol. The summed E-state index contributed by atoms with van der Waals surface area (Å²) in [6, 6.07) is 5.49. The first-order valence-electron chi connectivity index (χ1n) is 8.09. The van der Waals surface area contributed by atoms with Gasteiger partial charge in [-0.05, 0) is 43.5 Å². The van der Waals surface area contributed by atoms with Gasteiger partial charge in [-0.2, -0.15) is 0 Å². The van der Waals surface area contributed by atoms with Gasteiger partial charge >= 0.3 is 0 Å². The van der Waals surface area contributed by atoms with Gasteiger partial charge in [0.2, 0.25) is 11.0 Å². The van der Waals surface area contributed by atoms with Crippen molar-refractivity contribution in [1.82, 2.24) is 10.2 Å². The molecule has 0 bridgehead atoms. The fourth-order valence-corrected chi connectivity index (χ4v) is 3.13. The molecule has 24 heavy (non-hydrogen) atoms. The Morgan fingerprint density at radius 2 is 2.17 bits per heavy atom. The third-order valence-corrected chi connectivity index (χ3v) is 4.53. The van der Waals surface area contributed by atoms with Crippen LogP contribution in [-0.4, -0.2) is 22.7 Å². The zero-order valence-corrected chi connectivity index (χ0v) is 15.5. The first-order valence-corrected chi connectivity index (χ1v) is 9.29. The predicted molar refractivity (Wildman–Crippen MR) is 98.1 cm³/mol. The van der Waals surface area contributed by atoms with Crippen LogP contribution in [0, 0.1) is 6.92 Å². The SMILES string of the molecule is CCCCc1nnc(NC(=O)CCCOc2ccc(Cl)cc2C)s1. The lowest BCUT2D eigenvalue weighted by Gasteiger charge is -2.09. The minimum absolute atomic E-state index is 0.0652. The summed E-state index contributed by atoms with van der Waals surface area (Å²) in [6.07, 6.45) is 4.14. The lowest BCUT2D eigenvalue weighted by molar-refractivity contribution is -0.116. The molecule has 2 rings (SSSR count). The Bertz CT molecular complexity index is 676. The number of aryl methyl sites for hydroxylation is 2. The second-order valence-corrected chi connectivity index (χ2v) is 7.01. The Kier molecular flexibility index (Phi) is 7.46. The van der Waals surface area contributed by atoms with E-state index in [-0.39, 0.29) is 5.91 Å². The molecule has 1 heterocycles. The summed E-state index contributed by atoms with van der Waals surface area (Å²) in [5.74, 6) is 0.731. The van der Waals surface area contributed by atoms with Crippen molar-refractivity contribution in [2.75, 3.05) is 11.9 Å². The number of nitrogens with one attached hydrogen (secondary N) is 1. The van der Waals surface area contributed by atoms with Crippen molar-refractivity contribution in [1.29, 1.82) is 0 Å². The third-order valence-electron chi connectivity index (χ3n) is 3.40. The van der Waals surface area contributed by atoms with Crippen LogP contribution in [0.15, 0.2) is 18.2 Å². The van der Waals surface area contributed by atoms with E-state index in [0.29, 0.717) is 29.6 Å². The van der Waals surface area contributed by atoms with Crippen molar-refractivity contribution >= 4 is 34.0 Å². The molecule has 0 spiro atoms. The molecular formula is C17H22ClN3O2S. The standard InChI is InChI=1S/C17H22ClN3O2S/c1-3-4-7-16-20-21-17(24-16)19-15(22)6-5-10-23-14-9-8-13(18)11-12(14)2/h8-9,11H,3-7,10H2,1-2H3,(H,19,21,22). The highest BCUT2D eigenvalue weighted by Crippen LogP contribution is 2.22. The van der Waals surface area contributed by atoms with E-state index in [4.69, 9.17) is 16.3 Å². The van der Waals surface area contributed by atoms with Crippen LogP contribution < -0.4 is 10.1 Å². The van der Waals surface area contributed by atoms with Crippen LogP contribution in [0.1, 0.15) is 43.2 Å². The number of ether oxygens (including phenoxy) is 1. The molecule has 7 heteroatoms. The summed E-state index contributed by atoms with van der Waals surface area (Å²) in [6.45, 7) is 4.56. The molecular weight excluding hydrogens is 346 g/mol. The molecule has 5 nitrogen and oxygen atoms in total. The van der Waals surface area contributed by atoms with E-state index < -0.39 is 0 Å². The van der Waals surface area contributed by atoms with Crippen molar-refractivity contribution < 1.29 is 9.53 Å². The number of halogens is 1. The topological polar surface area (TPSA) is 64.1 Å². The number of carbonyl (C=O) groups is 1. The van der Waals surface area contributed by atoms with Crippen LogP contribution >= 0.6 is 22.9 Å². The van der Waals surface area contributed by atoms with Gasteiger partial charge in [0.15, 0.2) is 0 Å². The van der Waals surface area contributed by atoms with E-state index in [1.165, 1.54) is 11.3 Å². The third kappa shape index (κ3) is 6.09. The fraction of sp³-hybridized carbons (Fsp3) is 0.471. The molecule has 1 amide bonds. The number of rotatable bonds is 9. The molecule has 0 aliphatic rings. The van der Waals surface area contributed by atoms with Crippen molar-refractivity contribution in [3.63, 3.8) is 0 Å². The van der Waals surface area contributed by atoms with Crippen LogP contribution in [0.5, 0.6) is 5.75 Å². The molecule has 1 aromatic carbocycles. The molecule has 0 fully saturated rings. The van der Waals surface area contributed by atoms with Crippen LogP contribution in [0.3, 0.4) is 0 Å². The minimum Gasteiger partial charge on any atom is -0.493 e. The molecule has 0 saturated carbocycles. The molecule has 2 aromatic rings. The highest BCUT2D eigenvalue weighted by molar-refractivity contribution is 7.15. The van der Waals surface area contributed by atoms with E-state index in [2.05, 4.69) is 22.4 Å². The molecule has 0 unspecified atom stereocenters. The van der Waals surface area contributed by atoms with Gasteiger partial charge in [0.05, 0.1) is 6.61 Å². The summed E-state index contributed by atoms with van der Waals surface area (Å²) in [7, 11) is 0. The first-order chi connectivity index (χ1) is 11.6. The zero-order valence-electron chi connectivity index (χ0n) is 14.0. The lowest BCUT2D eigenvalue weighted by atomic mass is 10.2. The predicted octanol–water partition coefficient (Wildman–Crippen LogP) is 4.64. The average Bonchev–Trinajstić information content (AvgIpc) is 2.98. The monoisotopic (exact) mass is 367 g/mol. The molecule has 1 N–H and O–H groups in total. The molecule has 0 saturated heterocycles. The summed E-state index contributed by atoms with van der Waals surface area (Å²) in [5.41, 5.74) is 0.987. The summed E-state index contributed by atoms with van der Waals surface area (Å²) in [5, 5.41) is 13.1. The van der Waals surface area contributed by atoms with E-state index in [9.17, 15) is 4.79 Å². The second kappa shape index (κ2) is 9.59. The highest BCUT2D eigenvalue weighted by Gasteiger charge is 2.08. The number of anilines is 1. The molecule has 1 aromatic heterocycles. The molecule has 130 valence electrons. The van der Waals surface area contributed by atoms with Crippen molar-refractivity contribution in [2.45, 2.75) is 46.0 Å². The van der Waals surface area contributed by atoms with Crippen LogP contribution in [0.2, 0.25) is 5.02 Å². The Balaban J connectivity index is 1.68. The first kappa shape index (κ1) is 18.7. The largest absolute Gasteiger partial charge is 0.493 e. The Labute approximate surface area is 151 Å². The normalized spacial score (nSPS) is 10.6. The van der Waals surface area contributed by atoms with Crippen molar-refractivity contribution in [3.8, 4) is 5.75 Å². The van der Waals surface area contributed by atoms with E-state index in [0.717, 1.165) is 35.6 Å². The van der Waals surface area contributed by atoms with Gasteiger partial charge in [-0.25, -0.2) is 0 Å². The van der Waals surface area contributed by atoms with Gasteiger partial charge in [0.25, 0.3) is 0 Å². The van der Waals surface area contributed by atoms with E-state index in [1.54, 1.807) is 6.07 Å². The molecule has 0 aliphatic heterocycles. The van der Waals surface area contributed by atoms with Gasteiger partial charge < -0.3 is 10.1 Å². The van der Waals surface area contributed by atoms with Crippen molar-refractivity contribution in [2.24, 2.45) is 0 Å². The second-order valence-electron chi connectivity index (χ2n) is 5.51. The Morgan fingerprint density at radius 3 is 2.92 bits per heavy atom. The van der Waals surface area contributed by atoms with E-state index >= 15 is 0 Å². The molecule has 0 atom stereocenters. The maximum Gasteiger partial charge on any atom is 0.226 e. The Hall–Kier alpha value is -1.66. The van der Waals surface area contributed by atoms with Crippen LogP contribution in [0.4, 0.5) is 5.13 Å². The minimum atomic E-state index is -0.0652. The number of unbranched alkanes of at least 4 members (excludes halogenated alkanes) is 1. The number of aromatic nitrogens is 2. The number of benzene rings is 1. The maximum atomic E-state index is 11.9. The van der Waals surface area contributed by atoms with Crippen molar-refractivity contribution in [3.05, 3.63) is 33.8 Å². The lowest BCUT2D eigenvalue weighted by Crippen LogP contribution is -2.12. The smallest absolute Gasteiger partial charge is 0.226 e. The zero-order chi connectivity index (χ0) is 17.4. The quantitative estimate of drug-likeness (QED) is 0.656. The Morgan fingerprint density at radius 1 is 1.33 bits per heavy atom. The number of hydrogen-bond acceptors (Lipinski definition) is 5. The number of nitrogens with zero attached hydrogens (tertiary/aromatic N) is 2. The van der Waals surface area contributed by atoms with Gasteiger partial charge in [-0.15, -0.1) is 10.2 Å². The summed E-state index contributed by atoms with van der Waals surface area (Å²) in [4.78, 5) is 11.9. The van der Waals surface area contributed by atoms with E-state index in [1.807, 2.05) is 19.1 Å². The van der Waals surface area contributed by atoms with Gasteiger partial charge in [0, 0.05) is 17.9 Å². The maximum absolute atomic E-state index is 11.9. The van der Waals surface area contributed by atoms with Gasteiger partial charge in [-0.1, -0.05) is 36.3 Å². The molecule has 0 aliphatic carbocycles. The van der Waals surface area contributed by atoms with Crippen LogP contribution in [-0.2, 0) is 11.2 Å². The summed E-state index contributed by atoms with van der Waals surface area (Å²) >= 11 is 7.35. The number of carbonyl (C=O) groups excluding carboxylic acids is 1. The number of amides is 1. The van der Waals surface area contributed by atoms with Crippen LogP contribution in [0.25, 0.3) is 0 Å².